The SMILES string of the molecule is CCCn1ccnc1CNC(=O)CC[C@@H]1CCCCN1C. The molecule has 0 aromatic carbocycles. The third kappa shape index (κ3) is 4.84. The number of piperidine rings is 1. The summed E-state index contributed by atoms with van der Waals surface area (Å²) < 4.78 is 2.11. The first kappa shape index (κ1) is 16.0. The molecule has 0 saturated carbocycles. The summed E-state index contributed by atoms with van der Waals surface area (Å²) in [5, 5.41) is 3.00. The van der Waals surface area contributed by atoms with Crippen LogP contribution in [0.5, 0.6) is 0 Å². The molecule has 1 amide bonds. The summed E-state index contributed by atoms with van der Waals surface area (Å²) in [6.45, 7) is 4.80. The number of carbonyl (C=O) groups excluding carboxylic acids is 1. The lowest BCUT2D eigenvalue weighted by molar-refractivity contribution is -0.121. The van der Waals surface area contributed by atoms with Crippen molar-refractivity contribution in [2.75, 3.05) is 13.6 Å². The van der Waals surface area contributed by atoms with Crippen molar-refractivity contribution >= 4 is 5.91 Å². The molecule has 118 valence electrons. The quantitative estimate of drug-likeness (QED) is 0.838. The van der Waals surface area contributed by atoms with Gasteiger partial charge < -0.3 is 14.8 Å². The Morgan fingerprint density at radius 2 is 2.33 bits per heavy atom. The molecular weight excluding hydrogens is 264 g/mol. The Labute approximate surface area is 127 Å². The molecule has 0 unspecified atom stereocenters. The Morgan fingerprint density at radius 3 is 3.10 bits per heavy atom. The molecule has 1 aromatic rings. The van der Waals surface area contributed by atoms with Crippen LogP contribution in [0.3, 0.4) is 0 Å². The second kappa shape index (κ2) is 8.17. The van der Waals surface area contributed by atoms with Gasteiger partial charge in [-0.2, -0.15) is 0 Å². The lowest BCUT2D eigenvalue weighted by atomic mass is 9.98. The van der Waals surface area contributed by atoms with Gasteiger partial charge in [0.15, 0.2) is 0 Å². The summed E-state index contributed by atoms with van der Waals surface area (Å²) in [6.07, 6.45) is 10.2. The van der Waals surface area contributed by atoms with E-state index in [1.54, 1.807) is 6.20 Å². The second-order valence-corrected chi connectivity index (χ2v) is 5.98. The molecule has 1 aliphatic rings. The first-order valence-corrected chi connectivity index (χ1v) is 8.17. The van der Waals surface area contributed by atoms with Gasteiger partial charge in [-0.25, -0.2) is 4.98 Å². The van der Waals surface area contributed by atoms with Crippen molar-refractivity contribution in [3.05, 3.63) is 18.2 Å². The van der Waals surface area contributed by atoms with Crippen LogP contribution in [0, 0.1) is 0 Å². The highest BCUT2D eigenvalue weighted by Crippen LogP contribution is 2.18. The number of aryl methyl sites for hydroxylation is 1. The van der Waals surface area contributed by atoms with E-state index in [-0.39, 0.29) is 5.91 Å². The molecular formula is C16H28N4O. The molecule has 2 heterocycles. The number of nitrogens with one attached hydrogen (secondary N) is 1. The van der Waals surface area contributed by atoms with Gasteiger partial charge in [-0.15, -0.1) is 0 Å². The van der Waals surface area contributed by atoms with Gasteiger partial charge in [0, 0.05) is 31.4 Å². The minimum atomic E-state index is 0.139. The molecule has 21 heavy (non-hydrogen) atoms. The minimum Gasteiger partial charge on any atom is -0.349 e. The molecule has 1 saturated heterocycles. The van der Waals surface area contributed by atoms with Crippen LogP contribution in [-0.4, -0.2) is 40.0 Å². The maximum atomic E-state index is 12.0. The number of rotatable bonds is 7. The predicted molar refractivity (Wildman–Crippen MR) is 83.9 cm³/mol. The minimum absolute atomic E-state index is 0.139. The van der Waals surface area contributed by atoms with E-state index in [1.165, 1.54) is 25.8 Å². The van der Waals surface area contributed by atoms with Gasteiger partial charge in [0.25, 0.3) is 0 Å². The lowest BCUT2D eigenvalue weighted by Crippen LogP contribution is -2.37. The molecule has 1 aromatic heterocycles. The Kier molecular flexibility index (Phi) is 6.23. The summed E-state index contributed by atoms with van der Waals surface area (Å²) in [5.41, 5.74) is 0. The van der Waals surface area contributed by atoms with Crippen LogP contribution >= 0.6 is 0 Å². The standard InChI is InChI=1S/C16H28N4O/c1-3-10-20-12-9-17-15(20)13-18-16(21)8-7-14-6-4-5-11-19(14)2/h9,12,14H,3-8,10-11,13H2,1-2H3,(H,18,21)/t14-/m0/s1. The molecule has 0 aliphatic carbocycles. The number of aromatic nitrogens is 2. The zero-order chi connectivity index (χ0) is 15.1. The van der Waals surface area contributed by atoms with Crippen molar-refractivity contribution in [3.63, 3.8) is 0 Å². The molecule has 5 nitrogen and oxygen atoms in total. The summed E-state index contributed by atoms with van der Waals surface area (Å²) in [7, 11) is 2.17. The number of amides is 1. The van der Waals surface area contributed by atoms with Gasteiger partial charge in [0.2, 0.25) is 5.91 Å². The zero-order valence-electron chi connectivity index (χ0n) is 13.3. The Morgan fingerprint density at radius 1 is 1.48 bits per heavy atom. The van der Waals surface area contributed by atoms with E-state index < -0.39 is 0 Å². The first-order valence-electron chi connectivity index (χ1n) is 8.17. The van der Waals surface area contributed by atoms with Gasteiger partial charge in [-0.05, 0) is 39.3 Å². The molecule has 1 atom stereocenters. The van der Waals surface area contributed by atoms with Gasteiger partial charge >= 0.3 is 0 Å². The molecule has 1 aliphatic heterocycles. The number of imidazole rings is 1. The average Bonchev–Trinajstić information content (AvgIpc) is 2.92. The van der Waals surface area contributed by atoms with Crippen LogP contribution in [0.15, 0.2) is 12.4 Å². The van der Waals surface area contributed by atoms with Crippen LogP contribution in [0.1, 0.15) is 51.3 Å². The smallest absolute Gasteiger partial charge is 0.220 e. The summed E-state index contributed by atoms with van der Waals surface area (Å²) >= 11 is 0. The second-order valence-electron chi connectivity index (χ2n) is 5.98. The summed E-state index contributed by atoms with van der Waals surface area (Å²) in [5.74, 6) is 1.08. The normalized spacial score (nSPS) is 19.6. The maximum absolute atomic E-state index is 12.0. The molecule has 2 rings (SSSR count). The van der Waals surface area contributed by atoms with E-state index in [2.05, 4.69) is 33.7 Å². The van der Waals surface area contributed by atoms with Crippen LogP contribution in [0.2, 0.25) is 0 Å². The third-order valence-electron chi connectivity index (χ3n) is 4.34. The number of hydrogen-bond acceptors (Lipinski definition) is 3. The van der Waals surface area contributed by atoms with Gasteiger partial charge in [-0.3, -0.25) is 4.79 Å². The van der Waals surface area contributed by atoms with Crippen LogP contribution in [-0.2, 0) is 17.9 Å². The Hall–Kier alpha value is -1.36. The lowest BCUT2D eigenvalue weighted by Gasteiger charge is -2.32. The summed E-state index contributed by atoms with van der Waals surface area (Å²) in [4.78, 5) is 18.7. The van der Waals surface area contributed by atoms with Crippen molar-refractivity contribution in [2.45, 2.75) is 64.6 Å². The molecule has 5 heteroatoms. The van der Waals surface area contributed by atoms with Crippen molar-refractivity contribution in [3.8, 4) is 0 Å². The summed E-state index contributed by atoms with van der Waals surface area (Å²) in [6, 6.07) is 0.576. The highest BCUT2D eigenvalue weighted by atomic mass is 16.1. The third-order valence-corrected chi connectivity index (χ3v) is 4.34. The van der Waals surface area contributed by atoms with Crippen LogP contribution in [0.4, 0.5) is 0 Å². The van der Waals surface area contributed by atoms with Crippen molar-refractivity contribution < 1.29 is 4.79 Å². The number of nitrogens with zero attached hydrogens (tertiary/aromatic N) is 3. The molecule has 0 spiro atoms. The van der Waals surface area contributed by atoms with E-state index in [0.717, 1.165) is 25.2 Å². The molecule has 0 bridgehead atoms. The largest absolute Gasteiger partial charge is 0.349 e. The van der Waals surface area contributed by atoms with E-state index >= 15 is 0 Å². The number of carbonyl (C=O) groups is 1. The van der Waals surface area contributed by atoms with E-state index in [1.807, 2.05) is 6.20 Å². The van der Waals surface area contributed by atoms with Gasteiger partial charge in [-0.1, -0.05) is 13.3 Å². The molecule has 1 N–H and O–H groups in total. The van der Waals surface area contributed by atoms with Gasteiger partial charge in [0.05, 0.1) is 6.54 Å². The Balaban J connectivity index is 1.70. The van der Waals surface area contributed by atoms with E-state index in [0.29, 0.717) is 19.0 Å². The highest BCUT2D eigenvalue weighted by molar-refractivity contribution is 5.75. The first-order chi connectivity index (χ1) is 10.2. The highest BCUT2D eigenvalue weighted by Gasteiger charge is 2.19. The van der Waals surface area contributed by atoms with E-state index in [4.69, 9.17) is 0 Å². The number of likely N-dealkylation sites (tertiary alicyclic amines) is 1. The fourth-order valence-electron chi connectivity index (χ4n) is 3.02. The average molecular weight is 292 g/mol. The van der Waals surface area contributed by atoms with Crippen LogP contribution in [0.25, 0.3) is 0 Å². The monoisotopic (exact) mass is 292 g/mol. The van der Waals surface area contributed by atoms with Gasteiger partial charge in [0.1, 0.15) is 5.82 Å². The Bertz CT molecular complexity index is 443. The maximum Gasteiger partial charge on any atom is 0.220 e. The number of hydrogen-bond donors (Lipinski definition) is 1. The molecule has 0 radical (unpaired) electrons. The fraction of sp³-hybridized carbons (Fsp3) is 0.750. The predicted octanol–water partition coefficient (Wildman–Crippen LogP) is 2.17. The van der Waals surface area contributed by atoms with Crippen LogP contribution < -0.4 is 5.32 Å². The van der Waals surface area contributed by atoms with Crippen molar-refractivity contribution in [2.24, 2.45) is 0 Å². The molecule has 1 fully saturated rings. The van der Waals surface area contributed by atoms with Crippen molar-refractivity contribution in [1.29, 1.82) is 0 Å². The topological polar surface area (TPSA) is 50.2 Å². The van der Waals surface area contributed by atoms with E-state index in [9.17, 15) is 4.79 Å². The van der Waals surface area contributed by atoms with Crippen molar-refractivity contribution in [1.82, 2.24) is 19.8 Å². The fourth-order valence-corrected chi connectivity index (χ4v) is 3.02. The zero-order valence-corrected chi connectivity index (χ0v) is 13.3.